The van der Waals surface area contributed by atoms with Crippen LogP contribution >= 0.6 is 0 Å². The number of para-hydroxylation sites is 1. The number of carbonyl (C=O) groups is 1. The van der Waals surface area contributed by atoms with E-state index in [9.17, 15) is 9.90 Å². The van der Waals surface area contributed by atoms with Gasteiger partial charge in [-0.2, -0.15) is 5.10 Å². The molecule has 0 spiro atoms. The largest absolute Gasteiger partial charge is 0.507 e. The normalized spacial score (nSPS) is 24.3. The highest BCUT2D eigenvalue weighted by atomic mass is 16.3. The van der Waals surface area contributed by atoms with Gasteiger partial charge >= 0.3 is 0 Å². The molecule has 0 aliphatic heterocycles. The van der Waals surface area contributed by atoms with Gasteiger partial charge in [-0.05, 0) is 43.2 Å². The molecule has 2 N–H and O–H groups in total. The summed E-state index contributed by atoms with van der Waals surface area (Å²) >= 11 is 0. The standard InChI is InChI=1S/C17H24N2O2/c1-11(2)13-9-8-12(3)10-15(13)18-19-17(21)14-6-4-5-7-16(14)20/h4-7,11-13,20H,8-10H2,1-3H3,(H,19,21)/b18-15-/t12-,13+/m1/s1. The second kappa shape index (κ2) is 6.74. The third-order valence-corrected chi connectivity index (χ3v) is 4.21. The summed E-state index contributed by atoms with van der Waals surface area (Å²) in [7, 11) is 0. The van der Waals surface area contributed by atoms with E-state index in [0.717, 1.165) is 18.6 Å². The molecular formula is C17H24N2O2. The summed E-state index contributed by atoms with van der Waals surface area (Å²) < 4.78 is 0. The quantitative estimate of drug-likeness (QED) is 0.835. The SMILES string of the molecule is CC(C)[C@@H]1CC[C@@H](C)C/C1=N/NC(=O)c1ccccc1O. The van der Waals surface area contributed by atoms with E-state index >= 15 is 0 Å². The molecule has 1 aliphatic rings. The fraction of sp³-hybridized carbons (Fsp3) is 0.529. The van der Waals surface area contributed by atoms with Crippen molar-refractivity contribution in [1.82, 2.24) is 5.43 Å². The fourth-order valence-corrected chi connectivity index (χ4v) is 2.94. The van der Waals surface area contributed by atoms with Gasteiger partial charge in [-0.3, -0.25) is 4.79 Å². The highest BCUT2D eigenvalue weighted by molar-refractivity contribution is 5.98. The molecule has 1 fully saturated rings. The van der Waals surface area contributed by atoms with Crippen LogP contribution in [0.1, 0.15) is 50.4 Å². The molecule has 1 amide bonds. The molecule has 1 aromatic rings. The molecule has 0 unspecified atom stereocenters. The number of nitrogens with one attached hydrogen (secondary N) is 1. The smallest absolute Gasteiger partial charge is 0.275 e. The van der Waals surface area contributed by atoms with Gasteiger partial charge in [-0.25, -0.2) is 5.43 Å². The zero-order valence-electron chi connectivity index (χ0n) is 13.0. The van der Waals surface area contributed by atoms with Gasteiger partial charge in [0.1, 0.15) is 5.75 Å². The second-order valence-electron chi connectivity index (χ2n) is 6.30. The molecule has 2 rings (SSSR count). The lowest BCUT2D eigenvalue weighted by Crippen LogP contribution is -2.31. The van der Waals surface area contributed by atoms with Crippen molar-refractivity contribution in [3.05, 3.63) is 29.8 Å². The first-order valence-corrected chi connectivity index (χ1v) is 7.63. The van der Waals surface area contributed by atoms with E-state index in [1.54, 1.807) is 18.2 Å². The maximum atomic E-state index is 12.1. The Morgan fingerprint density at radius 3 is 2.71 bits per heavy atom. The minimum atomic E-state index is -0.360. The number of carbonyl (C=O) groups excluding carboxylic acids is 1. The number of amides is 1. The number of benzene rings is 1. The molecule has 4 heteroatoms. The van der Waals surface area contributed by atoms with Gasteiger partial charge in [0.15, 0.2) is 0 Å². The molecule has 4 nitrogen and oxygen atoms in total. The van der Waals surface area contributed by atoms with Crippen LogP contribution in [0.3, 0.4) is 0 Å². The molecule has 1 aromatic carbocycles. The van der Waals surface area contributed by atoms with Crippen molar-refractivity contribution in [2.24, 2.45) is 22.9 Å². The fourth-order valence-electron chi connectivity index (χ4n) is 2.94. The maximum Gasteiger partial charge on any atom is 0.275 e. The number of hydrazone groups is 1. The van der Waals surface area contributed by atoms with Crippen molar-refractivity contribution in [2.75, 3.05) is 0 Å². The lowest BCUT2D eigenvalue weighted by atomic mass is 9.76. The van der Waals surface area contributed by atoms with Crippen molar-refractivity contribution in [2.45, 2.75) is 40.0 Å². The molecule has 1 aliphatic carbocycles. The highest BCUT2D eigenvalue weighted by Crippen LogP contribution is 2.31. The second-order valence-corrected chi connectivity index (χ2v) is 6.30. The Labute approximate surface area is 126 Å². The molecule has 0 saturated heterocycles. The van der Waals surface area contributed by atoms with Crippen LogP contribution in [0.25, 0.3) is 0 Å². The van der Waals surface area contributed by atoms with Crippen molar-refractivity contribution >= 4 is 11.6 Å². The van der Waals surface area contributed by atoms with Crippen LogP contribution in [0.15, 0.2) is 29.4 Å². The van der Waals surface area contributed by atoms with E-state index in [1.165, 1.54) is 12.5 Å². The summed E-state index contributed by atoms with van der Waals surface area (Å²) in [5.41, 5.74) is 3.94. The van der Waals surface area contributed by atoms with Crippen molar-refractivity contribution in [3.63, 3.8) is 0 Å². The summed E-state index contributed by atoms with van der Waals surface area (Å²) in [5, 5.41) is 14.1. The van der Waals surface area contributed by atoms with Gasteiger partial charge in [0.2, 0.25) is 0 Å². The van der Waals surface area contributed by atoms with E-state index in [1.807, 2.05) is 0 Å². The molecular weight excluding hydrogens is 264 g/mol. The van der Waals surface area contributed by atoms with Gasteiger partial charge in [-0.1, -0.05) is 32.9 Å². The third-order valence-electron chi connectivity index (χ3n) is 4.21. The molecule has 21 heavy (non-hydrogen) atoms. The van der Waals surface area contributed by atoms with E-state index in [-0.39, 0.29) is 17.2 Å². The topological polar surface area (TPSA) is 61.7 Å². The lowest BCUT2D eigenvalue weighted by molar-refractivity contribution is 0.0951. The lowest BCUT2D eigenvalue weighted by Gasteiger charge is -2.30. The molecule has 0 radical (unpaired) electrons. The van der Waals surface area contributed by atoms with Gasteiger partial charge in [0, 0.05) is 11.6 Å². The monoisotopic (exact) mass is 288 g/mol. The summed E-state index contributed by atoms with van der Waals surface area (Å²) in [6, 6.07) is 6.51. The average molecular weight is 288 g/mol. The molecule has 0 bridgehead atoms. The Bertz CT molecular complexity index is 537. The van der Waals surface area contributed by atoms with E-state index in [4.69, 9.17) is 0 Å². The Morgan fingerprint density at radius 1 is 1.33 bits per heavy atom. The van der Waals surface area contributed by atoms with Crippen LogP contribution in [-0.2, 0) is 0 Å². The number of phenols is 1. The van der Waals surface area contributed by atoms with Gasteiger partial charge < -0.3 is 5.11 Å². The highest BCUT2D eigenvalue weighted by Gasteiger charge is 2.27. The number of aromatic hydroxyl groups is 1. The molecule has 2 atom stereocenters. The van der Waals surface area contributed by atoms with Crippen LogP contribution < -0.4 is 5.43 Å². The number of hydrogen-bond donors (Lipinski definition) is 2. The average Bonchev–Trinajstić information content (AvgIpc) is 2.45. The number of hydrogen-bond acceptors (Lipinski definition) is 3. The summed E-state index contributed by atoms with van der Waals surface area (Å²) in [6.45, 7) is 6.61. The molecule has 114 valence electrons. The van der Waals surface area contributed by atoms with E-state index in [2.05, 4.69) is 31.3 Å². The predicted octanol–water partition coefficient (Wildman–Crippen LogP) is 3.57. The molecule has 0 heterocycles. The molecule has 1 saturated carbocycles. The Morgan fingerprint density at radius 2 is 2.05 bits per heavy atom. The van der Waals surface area contributed by atoms with E-state index in [0.29, 0.717) is 17.8 Å². The van der Waals surface area contributed by atoms with Crippen LogP contribution in [0.5, 0.6) is 5.75 Å². The summed E-state index contributed by atoms with van der Waals surface area (Å²) in [4.78, 5) is 12.1. The van der Waals surface area contributed by atoms with Crippen molar-refractivity contribution in [1.29, 1.82) is 0 Å². The van der Waals surface area contributed by atoms with E-state index < -0.39 is 0 Å². The summed E-state index contributed by atoms with van der Waals surface area (Å²) in [6.07, 6.45) is 3.28. The Kier molecular flexibility index (Phi) is 4.99. The number of rotatable bonds is 3. The first kappa shape index (κ1) is 15.5. The maximum absolute atomic E-state index is 12.1. The molecule has 0 aromatic heterocycles. The Balaban J connectivity index is 2.11. The van der Waals surface area contributed by atoms with Crippen molar-refractivity contribution in [3.8, 4) is 5.75 Å². The van der Waals surface area contributed by atoms with Crippen LogP contribution in [-0.4, -0.2) is 16.7 Å². The minimum absolute atomic E-state index is 0.0207. The van der Waals surface area contributed by atoms with Gasteiger partial charge in [0.05, 0.1) is 5.56 Å². The first-order chi connectivity index (χ1) is 9.99. The van der Waals surface area contributed by atoms with Crippen LogP contribution in [0, 0.1) is 17.8 Å². The van der Waals surface area contributed by atoms with Crippen LogP contribution in [0.4, 0.5) is 0 Å². The van der Waals surface area contributed by atoms with Gasteiger partial charge in [0.25, 0.3) is 5.91 Å². The Hall–Kier alpha value is -1.84. The predicted molar refractivity (Wildman–Crippen MR) is 84.4 cm³/mol. The van der Waals surface area contributed by atoms with Crippen LogP contribution in [0.2, 0.25) is 0 Å². The third kappa shape index (κ3) is 3.84. The number of phenolic OH excluding ortho intramolecular Hbond substituents is 1. The zero-order chi connectivity index (χ0) is 15.4. The first-order valence-electron chi connectivity index (χ1n) is 7.63. The van der Waals surface area contributed by atoms with Gasteiger partial charge in [-0.15, -0.1) is 0 Å². The minimum Gasteiger partial charge on any atom is -0.507 e. The van der Waals surface area contributed by atoms with Crippen molar-refractivity contribution < 1.29 is 9.90 Å². The zero-order valence-corrected chi connectivity index (χ0v) is 13.0. The number of nitrogens with zero attached hydrogens (tertiary/aromatic N) is 1. The summed E-state index contributed by atoms with van der Waals surface area (Å²) in [5.74, 6) is 1.19.